The second-order valence-electron chi connectivity index (χ2n) is 7.27. The highest BCUT2D eigenvalue weighted by atomic mass is 127. The molecule has 6 nitrogen and oxygen atoms in total. The second kappa shape index (κ2) is 10.2. The predicted molar refractivity (Wildman–Crippen MR) is 138 cm³/mol. The maximum Gasteiger partial charge on any atom is 0.270 e. The Balaban J connectivity index is 2.07. The van der Waals surface area contributed by atoms with Crippen LogP contribution >= 0.6 is 46.4 Å². The molecule has 1 fully saturated rings. The maximum absolute atomic E-state index is 13.3. The second-order valence-corrected chi connectivity index (χ2v) is 9.23. The van der Waals surface area contributed by atoms with E-state index >= 15 is 0 Å². The van der Waals surface area contributed by atoms with E-state index in [1.54, 1.807) is 31.2 Å². The minimum atomic E-state index is -0.564. The molecule has 168 valence electrons. The first-order valence-corrected chi connectivity index (χ1v) is 11.8. The Kier molecular flexibility index (Phi) is 7.79. The van der Waals surface area contributed by atoms with Crippen LogP contribution < -0.4 is 19.7 Å². The summed E-state index contributed by atoms with van der Waals surface area (Å²) in [6, 6.07) is 8.76. The first-order valence-electron chi connectivity index (χ1n) is 9.93. The number of carbonyl (C=O) groups is 2. The van der Waals surface area contributed by atoms with Gasteiger partial charge in [0.2, 0.25) is 0 Å². The van der Waals surface area contributed by atoms with Gasteiger partial charge >= 0.3 is 0 Å². The third-order valence-electron chi connectivity index (χ3n) is 4.58. The van der Waals surface area contributed by atoms with Crippen LogP contribution in [0.4, 0.5) is 5.69 Å². The fraction of sp³-hybridized carbons (Fsp3) is 0.261. The topological polar surface area (TPSA) is 67.9 Å². The summed E-state index contributed by atoms with van der Waals surface area (Å²) < 4.78 is 12.4. The van der Waals surface area contributed by atoms with Crippen molar-refractivity contribution >= 4 is 75.1 Å². The molecular formula is C23H22ClIN2O4S. The number of nitrogens with one attached hydrogen (secondary N) is 1. The number of carbonyl (C=O) groups excluding carboxylic acids is 2. The molecule has 1 N–H and O–H groups in total. The molecule has 3 rings (SSSR count). The largest absolute Gasteiger partial charge is 0.490 e. The van der Waals surface area contributed by atoms with E-state index in [4.69, 9.17) is 33.3 Å². The Hall–Kier alpha value is -2.17. The lowest BCUT2D eigenvalue weighted by atomic mass is 10.1. The minimum Gasteiger partial charge on any atom is -0.490 e. The number of hydrogen-bond acceptors (Lipinski definition) is 5. The van der Waals surface area contributed by atoms with Crippen LogP contribution in [0.15, 0.2) is 35.9 Å². The first-order chi connectivity index (χ1) is 15.1. The van der Waals surface area contributed by atoms with Crippen molar-refractivity contribution in [3.63, 3.8) is 0 Å². The van der Waals surface area contributed by atoms with Crippen LogP contribution in [0.2, 0.25) is 5.02 Å². The summed E-state index contributed by atoms with van der Waals surface area (Å²) in [4.78, 5) is 27.3. The van der Waals surface area contributed by atoms with Gasteiger partial charge in [0, 0.05) is 5.02 Å². The van der Waals surface area contributed by atoms with Gasteiger partial charge in [-0.05, 0) is 104 Å². The molecule has 9 heteroatoms. The molecule has 1 saturated heterocycles. The Labute approximate surface area is 211 Å². The van der Waals surface area contributed by atoms with E-state index in [1.165, 1.54) is 11.0 Å². The zero-order chi connectivity index (χ0) is 23.6. The van der Waals surface area contributed by atoms with Crippen molar-refractivity contribution < 1.29 is 19.1 Å². The summed E-state index contributed by atoms with van der Waals surface area (Å²) in [5, 5.41) is 3.10. The number of hydrogen-bond donors (Lipinski definition) is 1. The molecule has 0 spiro atoms. The van der Waals surface area contributed by atoms with Crippen molar-refractivity contribution in [3.8, 4) is 11.5 Å². The third-order valence-corrected chi connectivity index (χ3v) is 6.07. The van der Waals surface area contributed by atoms with Gasteiger partial charge in [-0.1, -0.05) is 17.7 Å². The molecule has 0 aromatic heterocycles. The molecule has 0 radical (unpaired) electrons. The first kappa shape index (κ1) is 24.5. The van der Waals surface area contributed by atoms with Crippen LogP contribution in [0, 0.1) is 10.5 Å². The average molecular weight is 585 g/mol. The highest BCUT2D eigenvalue weighted by molar-refractivity contribution is 14.1. The standard InChI is InChI=1S/C23H22ClIN2O4S/c1-5-30-19-11-14(10-17(25)20(19)31-12(2)3)9-15-21(28)26-23(32)27(22(15)29)18-8-6-7-16(24)13(18)4/h6-12H,5H2,1-4H3,(H,26,28,32)/b15-9+. The van der Waals surface area contributed by atoms with Crippen molar-refractivity contribution in [1.82, 2.24) is 5.32 Å². The van der Waals surface area contributed by atoms with Crippen molar-refractivity contribution in [3.05, 3.63) is 55.6 Å². The zero-order valence-corrected chi connectivity index (χ0v) is 21.7. The summed E-state index contributed by atoms with van der Waals surface area (Å²) in [5.74, 6) is 0.0778. The van der Waals surface area contributed by atoms with Gasteiger partial charge in [0.15, 0.2) is 16.6 Å². The van der Waals surface area contributed by atoms with E-state index in [2.05, 4.69) is 27.9 Å². The van der Waals surface area contributed by atoms with Gasteiger partial charge in [-0.3, -0.25) is 19.8 Å². The molecule has 1 heterocycles. The summed E-state index contributed by atoms with van der Waals surface area (Å²) in [6.45, 7) is 7.98. The molecule has 2 amide bonds. The van der Waals surface area contributed by atoms with Gasteiger partial charge in [-0.2, -0.15) is 0 Å². The summed E-state index contributed by atoms with van der Waals surface area (Å²) in [6.07, 6.45) is 1.49. The number of amides is 2. The smallest absolute Gasteiger partial charge is 0.270 e. The molecule has 0 saturated carbocycles. The van der Waals surface area contributed by atoms with Crippen LogP contribution in [-0.2, 0) is 9.59 Å². The van der Waals surface area contributed by atoms with E-state index in [0.717, 1.165) is 3.57 Å². The molecule has 0 aliphatic carbocycles. The predicted octanol–water partition coefficient (Wildman–Crippen LogP) is 5.27. The van der Waals surface area contributed by atoms with Crippen LogP contribution in [0.3, 0.4) is 0 Å². The third kappa shape index (κ3) is 5.07. The highest BCUT2D eigenvalue weighted by Gasteiger charge is 2.35. The van der Waals surface area contributed by atoms with Crippen molar-refractivity contribution in [2.75, 3.05) is 11.5 Å². The lowest BCUT2D eigenvalue weighted by molar-refractivity contribution is -0.122. The van der Waals surface area contributed by atoms with E-state index in [0.29, 0.717) is 39.9 Å². The van der Waals surface area contributed by atoms with E-state index in [1.807, 2.05) is 26.8 Å². The zero-order valence-electron chi connectivity index (χ0n) is 18.0. The normalized spacial score (nSPS) is 15.4. The van der Waals surface area contributed by atoms with E-state index in [-0.39, 0.29) is 16.8 Å². The molecule has 1 aliphatic rings. The Bertz CT molecular complexity index is 1130. The SMILES string of the molecule is CCOc1cc(/C=C2\C(=O)NC(=S)N(c3cccc(Cl)c3C)C2=O)cc(I)c1OC(C)C. The number of halogens is 2. The minimum absolute atomic E-state index is 0.00721. The Morgan fingerprint density at radius 1 is 1.28 bits per heavy atom. The molecule has 2 aromatic carbocycles. The van der Waals surface area contributed by atoms with Crippen LogP contribution in [0.25, 0.3) is 6.08 Å². The average Bonchev–Trinajstić information content (AvgIpc) is 2.71. The summed E-state index contributed by atoms with van der Waals surface area (Å²) >= 11 is 13.7. The van der Waals surface area contributed by atoms with Crippen LogP contribution in [0.1, 0.15) is 31.9 Å². The fourth-order valence-electron chi connectivity index (χ4n) is 3.17. The molecule has 1 aliphatic heterocycles. The van der Waals surface area contributed by atoms with Gasteiger partial charge in [-0.15, -0.1) is 0 Å². The Morgan fingerprint density at radius 2 is 2.00 bits per heavy atom. The molecule has 0 bridgehead atoms. The molecule has 2 aromatic rings. The number of nitrogens with zero attached hydrogens (tertiary/aromatic N) is 1. The van der Waals surface area contributed by atoms with Crippen LogP contribution in [0.5, 0.6) is 11.5 Å². The lowest BCUT2D eigenvalue weighted by Crippen LogP contribution is -2.54. The van der Waals surface area contributed by atoms with E-state index in [9.17, 15) is 9.59 Å². The number of thiocarbonyl (C=S) groups is 1. The maximum atomic E-state index is 13.3. The Morgan fingerprint density at radius 3 is 2.66 bits per heavy atom. The number of anilines is 1. The lowest BCUT2D eigenvalue weighted by Gasteiger charge is -2.30. The van der Waals surface area contributed by atoms with Crippen LogP contribution in [-0.4, -0.2) is 29.6 Å². The molecule has 0 atom stereocenters. The monoisotopic (exact) mass is 584 g/mol. The molecular weight excluding hydrogens is 563 g/mol. The highest BCUT2D eigenvalue weighted by Crippen LogP contribution is 2.36. The molecule has 0 unspecified atom stereocenters. The number of benzene rings is 2. The van der Waals surface area contributed by atoms with Gasteiger partial charge in [0.1, 0.15) is 5.57 Å². The van der Waals surface area contributed by atoms with Crippen molar-refractivity contribution in [2.45, 2.75) is 33.8 Å². The number of ether oxygens (including phenoxy) is 2. The van der Waals surface area contributed by atoms with Gasteiger partial charge in [-0.25, -0.2) is 0 Å². The number of rotatable bonds is 6. The molecule has 32 heavy (non-hydrogen) atoms. The summed E-state index contributed by atoms with van der Waals surface area (Å²) in [7, 11) is 0. The van der Waals surface area contributed by atoms with Gasteiger partial charge in [0.05, 0.1) is 22.0 Å². The van der Waals surface area contributed by atoms with Gasteiger partial charge < -0.3 is 9.47 Å². The quantitative estimate of drug-likeness (QED) is 0.217. The van der Waals surface area contributed by atoms with Crippen molar-refractivity contribution in [1.29, 1.82) is 0 Å². The van der Waals surface area contributed by atoms with E-state index < -0.39 is 11.8 Å². The van der Waals surface area contributed by atoms with Crippen molar-refractivity contribution in [2.24, 2.45) is 0 Å². The van der Waals surface area contributed by atoms with Gasteiger partial charge in [0.25, 0.3) is 11.8 Å². The fourth-order valence-corrected chi connectivity index (χ4v) is 4.36. The summed E-state index contributed by atoms with van der Waals surface area (Å²) in [5.41, 5.74) is 1.78.